The van der Waals surface area contributed by atoms with Crippen LogP contribution >= 0.6 is 50.9 Å². The van der Waals surface area contributed by atoms with Gasteiger partial charge in [0.2, 0.25) is 0 Å². The van der Waals surface area contributed by atoms with Crippen molar-refractivity contribution in [2.45, 2.75) is 0 Å². The quantitative estimate of drug-likeness (QED) is 0.451. The average molecular weight is 361 g/mol. The van der Waals surface area contributed by atoms with Crippen LogP contribution in [-0.4, -0.2) is 5.84 Å². The van der Waals surface area contributed by atoms with Gasteiger partial charge in [-0.2, -0.15) is 0 Å². The van der Waals surface area contributed by atoms with Crippen molar-refractivity contribution >= 4 is 56.8 Å². The van der Waals surface area contributed by atoms with Gasteiger partial charge in [0.05, 0.1) is 0 Å². The van der Waals surface area contributed by atoms with Crippen molar-refractivity contribution in [2.75, 3.05) is 0 Å². The summed E-state index contributed by atoms with van der Waals surface area (Å²) in [5.74, 6) is 0.113. The summed E-state index contributed by atoms with van der Waals surface area (Å²) in [5.41, 5.74) is 6.11. The van der Waals surface area contributed by atoms with Crippen molar-refractivity contribution in [3.05, 3.63) is 31.8 Å². The number of nitrogens with two attached hydrogens (primary N) is 1. The topological polar surface area (TPSA) is 49.9 Å². The second-order valence-electron chi connectivity index (χ2n) is 2.04. The number of hydrogen-bond donors (Lipinski definition) is 2. The zero-order valence-electron chi connectivity index (χ0n) is 5.97. The fraction of sp³-hybridized carbons (Fsp3) is 0. The minimum Gasteiger partial charge on any atom is -0.384 e. The molecule has 0 amide bonds. The summed E-state index contributed by atoms with van der Waals surface area (Å²) in [4.78, 5) is 0. The summed E-state index contributed by atoms with van der Waals surface area (Å²) in [6, 6.07) is 5.63. The van der Waals surface area contributed by atoms with Crippen molar-refractivity contribution in [1.82, 2.24) is 0 Å². The number of nitrogens with one attached hydrogen (secondary N) is 1. The van der Waals surface area contributed by atoms with Gasteiger partial charge >= 0.3 is 0 Å². The van der Waals surface area contributed by atoms with Crippen molar-refractivity contribution in [3.63, 3.8) is 0 Å². The number of halogens is 3. The van der Waals surface area contributed by atoms with Crippen LogP contribution in [0.3, 0.4) is 0 Å². The van der Waals surface area contributed by atoms with Crippen molar-refractivity contribution in [3.8, 4) is 0 Å². The molecule has 0 fully saturated rings. The van der Waals surface area contributed by atoms with Crippen molar-refractivity contribution in [1.29, 1.82) is 5.41 Å². The van der Waals surface area contributed by atoms with Gasteiger partial charge in [-0.1, -0.05) is 15.9 Å². The Hall–Kier alpha value is 0.190. The highest BCUT2D eigenvalue weighted by molar-refractivity contribution is 14.1. The average Bonchev–Trinajstić information content (AvgIpc) is 1.85. The highest BCUT2D eigenvalue weighted by atomic mass is 127. The van der Waals surface area contributed by atoms with E-state index >= 15 is 0 Å². The summed E-state index contributed by atoms with van der Waals surface area (Å²) < 4.78 is 2.00. The molecule has 12 heavy (non-hydrogen) atoms. The first-order valence-corrected chi connectivity index (χ1v) is 4.78. The van der Waals surface area contributed by atoms with Crippen LogP contribution in [0, 0.1) is 8.98 Å². The third-order valence-electron chi connectivity index (χ3n) is 1.22. The van der Waals surface area contributed by atoms with Crippen molar-refractivity contribution in [2.24, 2.45) is 5.73 Å². The van der Waals surface area contributed by atoms with Crippen LogP contribution in [0.5, 0.6) is 0 Å². The Morgan fingerprint density at radius 3 is 2.50 bits per heavy atom. The number of hydrogen-bond acceptors (Lipinski definition) is 1. The zero-order valence-corrected chi connectivity index (χ0v) is 10.5. The Morgan fingerprint density at radius 2 is 2.08 bits per heavy atom. The predicted molar refractivity (Wildman–Crippen MR) is 65.1 cm³/mol. The largest absolute Gasteiger partial charge is 0.384 e. The molecule has 0 aliphatic carbocycles. The van der Waals surface area contributed by atoms with Gasteiger partial charge in [0, 0.05) is 13.6 Å². The lowest BCUT2D eigenvalue weighted by Gasteiger charge is -2.01. The van der Waals surface area contributed by atoms with E-state index in [1.54, 1.807) is 0 Å². The molecule has 0 saturated heterocycles. The molecule has 1 aromatic rings. The number of nitrogen functional groups attached to an aromatic ring is 1. The molecule has 0 aromatic heterocycles. The van der Waals surface area contributed by atoms with Crippen LogP contribution in [0.1, 0.15) is 5.56 Å². The summed E-state index contributed by atoms with van der Waals surface area (Å²) in [5, 5.41) is 7.20. The molecule has 0 unspecified atom stereocenters. The highest BCUT2D eigenvalue weighted by Gasteiger charge is 2.01. The Balaban J connectivity index is 0.00000121. The minimum absolute atomic E-state index is 0. The fourth-order valence-corrected chi connectivity index (χ4v) is 2.30. The van der Waals surface area contributed by atoms with E-state index in [9.17, 15) is 0 Å². The molecular weight excluding hydrogens is 354 g/mol. The van der Waals surface area contributed by atoms with Crippen LogP contribution in [0.2, 0.25) is 0 Å². The summed E-state index contributed by atoms with van der Waals surface area (Å²) in [6.07, 6.45) is 0. The molecule has 5 heteroatoms. The van der Waals surface area contributed by atoms with Crippen LogP contribution in [0.4, 0.5) is 0 Å². The van der Waals surface area contributed by atoms with E-state index < -0.39 is 0 Å². The lowest BCUT2D eigenvalue weighted by molar-refractivity contribution is 1.40. The second-order valence-corrected chi connectivity index (χ2v) is 4.12. The van der Waals surface area contributed by atoms with Gasteiger partial charge in [0.1, 0.15) is 5.84 Å². The van der Waals surface area contributed by atoms with Gasteiger partial charge in [-0.3, -0.25) is 5.41 Å². The Labute approximate surface area is 99.1 Å². The smallest absolute Gasteiger partial charge is 0.123 e. The maximum atomic E-state index is 7.20. The Morgan fingerprint density at radius 1 is 1.50 bits per heavy atom. The zero-order chi connectivity index (χ0) is 8.43. The van der Waals surface area contributed by atoms with E-state index in [0.29, 0.717) is 0 Å². The molecule has 0 atom stereocenters. The fourth-order valence-electron chi connectivity index (χ4n) is 0.708. The first kappa shape index (κ1) is 12.2. The summed E-state index contributed by atoms with van der Waals surface area (Å²) in [7, 11) is 0. The molecule has 0 radical (unpaired) electrons. The van der Waals surface area contributed by atoms with Crippen LogP contribution < -0.4 is 5.73 Å². The van der Waals surface area contributed by atoms with Gasteiger partial charge in [0.15, 0.2) is 0 Å². The maximum absolute atomic E-state index is 7.20. The number of rotatable bonds is 1. The van der Waals surface area contributed by atoms with E-state index in [4.69, 9.17) is 11.1 Å². The molecule has 0 spiro atoms. The van der Waals surface area contributed by atoms with E-state index in [2.05, 4.69) is 38.5 Å². The molecule has 0 heterocycles. The molecular formula is C7H7BrClIN2. The van der Waals surface area contributed by atoms with E-state index in [-0.39, 0.29) is 18.2 Å². The second kappa shape index (κ2) is 5.04. The lowest BCUT2D eigenvalue weighted by atomic mass is 10.2. The third kappa shape index (κ3) is 2.91. The molecule has 2 nitrogen and oxygen atoms in total. The monoisotopic (exact) mass is 360 g/mol. The van der Waals surface area contributed by atoms with Gasteiger partial charge in [-0.05, 0) is 40.8 Å². The normalized spacial score (nSPS) is 8.83. The number of amidine groups is 1. The Bertz CT molecular complexity index is 303. The maximum Gasteiger partial charge on any atom is 0.123 e. The minimum atomic E-state index is 0. The molecule has 0 bridgehead atoms. The standard InChI is InChI=1S/C7H6BrIN2.ClH/c8-4-1-2-5(7(10)11)6(9)3-4;/h1-3H,(H3,10,11);1H. The van der Waals surface area contributed by atoms with E-state index in [0.717, 1.165) is 13.6 Å². The molecule has 3 N–H and O–H groups in total. The molecule has 1 aromatic carbocycles. The van der Waals surface area contributed by atoms with E-state index in [1.165, 1.54) is 0 Å². The van der Waals surface area contributed by atoms with Gasteiger partial charge in [0.25, 0.3) is 0 Å². The molecule has 0 saturated carbocycles. The molecule has 66 valence electrons. The molecule has 0 aliphatic heterocycles. The van der Waals surface area contributed by atoms with Gasteiger partial charge in [-0.25, -0.2) is 0 Å². The molecule has 0 aliphatic rings. The SMILES string of the molecule is Cl.N=C(N)c1ccc(Br)cc1I. The lowest BCUT2D eigenvalue weighted by Crippen LogP contribution is -2.12. The first-order valence-electron chi connectivity index (χ1n) is 2.90. The Kier molecular flexibility index (Phi) is 5.12. The van der Waals surface area contributed by atoms with Crippen LogP contribution in [0.25, 0.3) is 0 Å². The third-order valence-corrected chi connectivity index (χ3v) is 2.61. The molecule has 1 rings (SSSR count). The van der Waals surface area contributed by atoms with Crippen molar-refractivity contribution < 1.29 is 0 Å². The first-order chi connectivity index (χ1) is 5.11. The summed E-state index contributed by atoms with van der Waals surface area (Å²) in [6.45, 7) is 0. The van der Waals surface area contributed by atoms with Crippen LogP contribution in [0.15, 0.2) is 22.7 Å². The van der Waals surface area contributed by atoms with E-state index in [1.807, 2.05) is 18.2 Å². The van der Waals surface area contributed by atoms with Crippen LogP contribution in [-0.2, 0) is 0 Å². The van der Waals surface area contributed by atoms with Gasteiger partial charge in [-0.15, -0.1) is 12.4 Å². The number of benzene rings is 1. The van der Waals surface area contributed by atoms with Gasteiger partial charge < -0.3 is 5.73 Å². The predicted octanol–water partition coefficient (Wildman–Crippen LogP) is 2.76. The highest BCUT2D eigenvalue weighted by Crippen LogP contribution is 2.17. The summed E-state index contributed by atoms with van der Waals surface area (Å²) >= 11 is 5.48.